The predicted molar refractivity (Wildman–Crippen MR) is 85.9 cm³/mol. The van der Waals surface area contributed by atoms with Gasteiger partial charge in [-0.2, -0.15) is 0 Å². The van der Waals surface area contributed by atoms with Gasteiger partial charge in [-0.05, 0) is 63.7 Å². The van der Waals surface area contributed by atoms with Crippen molar-refractivity contribution in [3.63, 3.8) is 0 Å². The summed E-state index contributed by atoms with van der Waals surface area (Å²) in [6.45, 7) is 4.25. The number of fused-ring (bicyclic) bond motifs is 1. The van der Waals surface area contributed by atoms with Crippen molar-refractivity contribution in [2.24, 2.45) is 0 Å². The second-order valence-corrected chi connectivity index (χ2v) is 5.99. The maximum Gasteiger partial charge on any atom is 0.0314 e. The summed E-state index contributed by atoms with van der Waals surface area (Å²) in [4.78, 5) is 0. The SMILES string of the molecule is C=C1C2=CCCC(Br)=C2C/C1=C\c1ccc(N)cc1. The Morgan fingerprint density at radius 1 is 1.21 bits per heavy atom. The molecule has 96 valence electrons. The van der Waals surface area contributed by atoms with Gasteiger partial charge in [0.05, 0.1) is 0 Å². The summed E-state index contributed by atoms with van der Waals surface area (Å²) in [7, 11) is 0. The first-order chi connectivity index (χ1) is 9.15. The molecule has 0 aliphatic heterocycles. The van der Waals surface area contributed by atoms with Crippen molar-refractivity contribution < 1.29 is 0 Å². The van der Waals surface area contributed by atoms with Crippen molar-refractivity contribution >= 4 is 27.7 Å². The third-order valence-electron chi connectivity index (χ3n) is 3.72. The van der Waals surface area contributed by atoms with Crippen molar-refractivity contribution in [2.75, 3.05) is 5.73 Å². The van der Waals surface area contributed by atoms with Crippen LogP contribution in [0.3, 0.4) is 0 Å². The molecule has 1 aromatic carbocycles. The Bertz CT molecular complexity index is 630. The summed E-state index contributed by atoms with van der Waals surface area (Å²) >= 11 is 3.70. The molecule has 1 aromatic rings. The lowest BCUT2D eigenvalue weighted by molar-refractivity contribution is 0.986. The van der Waals surface area contributed by atoms with Crippen molar-refractivity contribution in [3.05, 3.63) is 69.3 Å². The van der Waals surface area contributed by atoms with Crippen LogP contribution in [0.25, 0.3) is 6.08 Å². The normalized spacial score (nSPS) is 20.8. The second kappa shape index (κ2) is 4.86. The van der Waals surface area contributed by atoms with Crippen LogP contribution < -0.4 is 5.73 Å². The Kier molecular flexibility index (Phi) is 3.19. The monoisotopic (exact) mass is 313 g/mol. The average molecular weight is 314 g/mol. The molecule has 19 heavy (non-hydrogen) atoms. The Balaban J connectivity index is 1.97. The smallest absolute Gasteiger partial charge is 0.0314 e. The lowest BCUT2D eigenvalue weighted by atomic mass is 9.99. The highest BCUT2D eigenvalue weighted by Gasteiger charge is 2.26. The minimum absolute atomic E-state index is 0.800. The van der Waals surface area contributed by atoms with Crippen molar-refractivity contribution in [2.45, 2.75) is 19.3 Å². The van der Waals surface area contributed by atoms with Crippen LogP contribution in [-0.4, -0.2) is 0 Å². The first-order valence-electron chi connectivity index (χ1n) is 6.49. The number of hydrogen-bond donors (Lipinski definition) is 1. The molecule has 0 spiro atoms. The molecule has 1 nitrogen and oxygen atoms in total. The quantitative estimate of drug-likeness (QED) is 0.727. The van der Waals surface area contributed by atoms with Crippen LogP contribution in [0.1, 0.15) is 24.8 Å². The highest BCUT2D eigenvalue weighted by molar-refractivity contribution is 9.11. The van der Waals surface area contributed by atoms with Gasteiger partial charge in [0.2, 0.25) is 0 Å². The van der Waals surface area contributed by atoms with Crippen LogP contribution in [0.2, 0.25) is 0 Å². The van der Waals surface area contributed by atoms with E-state index in [0.717, 1.165) is 24.9 Å². The number of nitrogen functional groups attached to an aromatic ring is 1. The van der Waals surface area contributed by atoms with E-state index < -0.39 is 0 Å². The van der Waals surface area contributed by atoms with E-state index in [-0.39, 0.29) is 0 Å². The lowest BCUT2D eigenvalue weighted by Gasteiger charge is -2.11. The summed E-state index contributed by atoms with van der Waals surface area (Å²) in [5.74, 6) is 0. The van der Waals surface area contributed by atoms with Crippen LogP contribution in [0.5, 0.6) is 0 Å². The molecule has 0 aromatic heterocycles. The van der Waals surface area contributed by atoms with Gasteiger partial charge in [-0.25, -0.2) is 0 Å². The van der Waals surface area contributed by atoms with E-state index in [9.17, 15) is 0 Å². The zero-order chi connectivity index (χ0) is 13.4. The molecule has 3 rings (SSSR count). The van der Waals surface area contributed by atoms with Gasteiger partial charge in [-0.3, -0.25) is 0 Å². The molecule has 0 saturated heterocycles. The third kappa shape index (κ3) is 2.33. The Hall–Kier alpha value is -1.54. The minimum Gasteiger partial charge on any atom is -0.399 e. The minimum atomic E-state index is 0.800. The third-order valence-corrected chi connectivity index (χ3v) is 4.60. The summed E-state index contributed by atoms with van der Waals surface area (Å²) < 4.78 is 1.34. The number of rotatable bonds is 1. The zero-order valence-corrected chi connectivity index (χ0v) is 12.3. The zero-order valence-electron chi connectivity index (χ0n) is 10.7. The van der Waals surface area contributed by atoms with E-state index in [1.54, 1.807) is 0 Å². The molecule has 0 atom stereocenters. The van der Waals surface area contributed by atoms with Gasteiger partial charge >= 0.3 is 0 Å². The molecule has 1 fully saturated rings. The topological polar surface area (TPSA) is 26.0 Å². The fraction of sp³-hybridized carbons (Fsp3) is 0.176. The van der Waals surface area contributed by atoms with Crippen molar-refractivity contribution in [1.82, 2.24) is 0 Å². The first-order valence-corrected chi connectivity index (χ1v) is 7.28. The maximum atomic E-state index is 5.71. The molecule has 0 bridgehead atoms. The fourth-order valence-corrected chi connectivity index (χ4v) is 3.24. The Morgan fingerprint density at radius 3 is 2.63 bits per heavy atom. The number of hydrogen-bond acceptors (Lipinski definition) is 1. The fourth-order valence-electron chi connectivity index (χ4n) is 2.66. The largest absolute Gasteiger partial charge is 0.399 e. The van der Waals surface area contributed by atoms with Crippen LogP contribution in [-0.2, 0) is 0 Å². The standard InChI is InChI=1S/C17H16BrN/c1-11-13(9-12-5-7-14(19)8-6-12)10-16-15(11)3-2-4-17(16)18/h3,5-9H,1-2,4,10,19H2/b13-9+. The van der Waals surface area contributed by atoms with E-state index in [1.807, 2.05) is 12.1 Å². The van der Waals surface area contributed by atoms with Crippen LogP contribution in [0, 0.1) is 0 Å². The Morgan fingerprint density at radius 2 is 1.95 bits per heavy atom. The van der Waals surface area contributed by atoms with Crippen LogP contribution in [0.4, 0.5) is 5.69 Å². The van der Waals surface area contributed by atoms with Crippen LogP contribution in [0.15, 0.2) is 63.7 Å². The highest BCUT2D eigenvalue weighted by Crippen LogP contribution is 2.46. The second-order valence-electron chi connectivity index (χ2n) is 5.03. The molecular weight excluding hydrogens is 298 g/mol. The Labute approximate surface area is 122 Å². The molecule has 2 heteroatoms. The van der Waals surface area contributed by atoms with Crippen LogP contribution >= 0.6 is 15.9 Å². The summed E-state index contributed by atoms with van der Waals surface area (Å²) in [6.07, 6.45) is 7.73. The molecule has 0 amide bonds. The summed E-state index contributed by atoms with van der Waals surface area (Å²) in [6, 6.07) is 7.97. The lowest BCUT2D eigenvalue weighted by Crippen LogP contribution is -1.91. The molecular formula is C17H16BrN. The first kappa shape index (κ1) is 12.5. The van der Waals surface area contributed by atoms with Gasteiger partial charge in [0.1, 0.15) is 0 Å². The van der Waals surface area contributed by atoms with Gasteiger partial charge in [0.15, 0.2) is 0 Å². The van der Waals surface area contributed by atoms with E-state index in [1.165, 1.54) is 32.3 Å². The van der Waals surface area contributed by atoms with Gasteiger partial charge in [-0.1, -0.05) is 46.8 Å². The number of allylic oxidation sites excluding steroid dienone is 6. The summed E-state index contributed by atoms with van der Waals surface area (Å²) in [5.41, 5.74) is 12.9. The van der Waals surface area contributed by atoms with Gasteiger partial charge in [0.25, 0.3) is 0 Å². The molecule has 2 N–H and O–H groups in total. The number of anilines is 1. The van der Waals surface area contributed by atoms with E-state index in [2.05, 4.69) is 46.8 Å². The molecule has 0 radical (unpaired) electrons. The molecule has 1 saturated carbocycles. The number of nitrogens with two attached hydrogens (primary N) is 1. The summed E-state index contributed by atoms with van der Waals surface area (Å²) in [5, 5.41) is 0. The van der Waals surface area contributed by atoms with E-state index in [4.69, 9.17) is 5.73 Å². The number of benzene rings is 1. The van der Waals surface area contributed by atoms with E-state index >= 15 is 0 Å². The van der Waals surface area contributed by atoms with Gasteiger partial charge in [0, 0.05) is 5.69 Å². The van der Waals surface area contributed by atoms with Crippen molar-refractivity contribution in [3.8, 4) is 0 Å². The molecule has 2 aliphatic carbocycles. The van der Waals surface area contributed by atoms with Gasteiger partial charge in [-0.15, -0.1) is 0 Å². The highest BCUT2D eigenvalue weighted by atomic mass is 79.9. The van der Waals surface area contributed by atoms with Crippen molar-refractivity contribution in [1.29, 1.82) is 0 Å². The molecule has 2 aliphatic rings. The van der Waals surface area contributed by atoms with Gasteiger partial charge < -0.3 is 5.73 Å². The average Bonchev–Trinajstić information content (AvgIpc) is 2.72. The maximum absolute atomic E-state index is 5.71. The molecule has 0 unspecified atom stereocenters. The molecule has 0 heterocycles. The predicted octanol–water partition coefficient (Wildman–Crippen LogP) is 4.98. The van der Waals surface area contributed by atoms with E-state index in [0.29, 0.717) is 0 Å². The number of halogens is 1.